The van der Waals surface area contributed by atoms with Crippen LogP contribution in [-0.4, -0.2) is 36.8 Å². The van der Waals surface area contributed by atoms with E-state index in [0.717, 1.165) is 43.8 Å². The Balaban J connectivity index is 1.75. The number of rotatable bonds is 2. The Kier molecular flexibility index (Phi) is 3.77. The van der Waals surface area contributed by atoms with E-state index in [0.29, 0.717) is 22.3 Å². The van der Waals surface area contributed by atoms with Gasteiger partial charge in [-0.25, -0.2) is 9.18 Å². The number of nitrogens with zero attached hydrogens (tertiary/aromatic N) is 1. The molecule has 2 aliphatic heterocycles. The molecule has 0 bridgehead atoms. The van der Waals surface area contributed by atoms with Crippen LogP contribution in [0.3, 0.4) is 0 Å². The van der Waals surface area contributed by atoms with E-state index in [1.54, 1.807) is 6.07 Å². The van der Waals surface area contributed by atoms with E-state index in [1.807, 2.05) is 4.90 Å². The highest BCUT2D eigenvalue weighted by Crippen LogP contribution is 2.33. The van der Waals surface area contributed by atoms with Crippen molar-refractivity contribution in [2.24, 2.45) is 5.92 Å². The van der Waals surface area contributed by atoms with Gasteiger partial charge >= 0.3 is 5.97 Å². The fraction of sp³-hybridized carbons (Fsp3) is 0.412. The monoisotopic (exact) mass is 348 g/mol. The molecule has 3 heterocycles. The number of carboxylic acids is 1. The standard InChI is InChI=1S/C17H17FN2O3S/c18-12-4-10-15(24-8-11(16(10)21)17(22)23)5-14(12)20-6-9-2-1-3-19-13(9)7-20/h4-5,8-9,13,19H,1-3,6-7H2,(H,22,23)/t9-,13+/m0/s1. The van der Waals surface area contributed by atoms with E-state index in [1.165, 1.54) is 11.4 Å². The first kappa shape index (κ1) is 15.5. The van der Waals surface area contributed by atoms with Crippen molar-refractivity contribution in [3.8, 4) is 0 Å². The highest BCUT2D eigenvalue weighted by molar-refractivity contribution is 7.16. The lowest BCUT2D eigenvalue weighted by Gasteiger charge is -2.24. The Hall–Kier alpha value is -1.99. The molecule has 1 aromatic heterocycles. The van der Waals surface area contributed by atoms with Crippen molar-refractivity contribution in [1.29, 1.82) is 0 Å². The second-order valence-electron chi connectivity index (χ2n) is 6.45. The fourth-order valence-electron chi connectivity index (χ4n) is 3.77. The van der Waals surface area contributed by atoms with Crippen LogP contribution in [0.2, 0.25) is 0 Å². The second-order valence-corrected chi connectivity index (χ2v) is 7.36. The summed E-state index contributed by atoms with van der Waals surface area (Å²) in [5, 5.41) is 14.0. The summed E-state index contributed by atoms with van der Waals surface area (Å²) in [7, 11) is 0. The fourth-order valence-corrected chi connectivity index (χ4v) is 4.68. The molecule has 4 rings (SSSR count). The first-order chi connectivity index (χ1) is 11.5. The third-order valence-corrected chi connectivity index (χ3v) is 5.96. The quantitative estimate of drug-likeness (QED) is 0.871. The van der Waals surface area contributed by atoms with Crippen molar-refractivity contribution >= 4 is 33.1 Å². The van der Waals surface area contributed by atoms with Crippen molar-refractivity contribution in [2.45, 2.75) is 18.9 Å². The van der Waals surface area contributed by atoms with E-state index >= 15 is 0 Å². The SMILES string of the molecule is O=C(O)c1csc2cc(N3C[C@@H]4CCCN[C@@H]4C3)c(F)cc2c1=O. The maximum Gasteiger partial charge on any atom is 0.340 e. The van der Waals surface area contributed by atoms with Gasteiger partial charge in [-0.3, -0.25) is 4.79 Å². The number of aromatic carboxylic acids is 1. The molecule has 7 heteroatoms. The maximum absolute atomic E-state index is 14.6. The Morgan fingerprint density at radius 2 is 2.21 bits per heavy atom. The molecule has 0 amide bonds. The molecule has 2 aromatic rings. The number of anilines is 1. The largest absolute Gasteiger partial charge is 0.478 e. The van der Waals surface area contributed by atoms with Crippen LogP contribution in [0.5, 0.6) is 0 Å². The van der Waals surface area contributed by atoms with Crippen molar-refractivity contribution in [3.05, 3.63) is 39.1 Å². The molecule has 0 spiro atoms. The highest BCUT2D eigenvalue weighted by atomic mass is 32.1. The van der Waals surface area contributed by atoms with Gasteiger partial charge in [0.1, 0.15) is 11.4 Å². The zero-order valence-corrected chi connectivity index (χ0v) is 13.7. The molecule has 24 heavy (non-hydrogen) atoms. The van der Waals surface area contributed by atoms with Crippen LogP contribution in [0.25, 0.3) is 10.1 Å². The minimum absolute atomic E-state index is 0.135. The molecule has 5 nitrogen and oxygen atoms in total. The molecule has 0 radical (unpaired) electrons. The van der Waals surface area contributed by atoms with Crippen molar-refractivity contribution in [2.75, 3.05) is 24.5 Å². The predicted octanol–water partition coefficient (Wildman–Crippen LogP) is 2.29. The van der Waals surface area contributed by atoms with E-state index in [-0.39, 0.29) is 10.9 Å². The Morgan fingerprint density at radius 1 is 1.38 bits per heavy atom. The first-order valence-corrected chi connectivity index (χ1v) is 8.89. The summed E-state index contributed by atoms with van der Waals surface area (Å²) in [6.45, 7) is 2.58. The molecular formula is C17H17FN2O3S. The van der Waals surface area contributed by atoms with Gasteiger partial charge in [0.25, 0.3) is 0 Å². The van der Waals surface area contributed by atoms with Crippen LogP contribution < -0.4 is 15.6 Å². The molecule has 1 aromatic carbocycles. The normalized spacial score (nSPS) is 23.5. The van der Waals surface area contributed by atoms with E-state index in [4.69, 9.17) is 5.11 Å². The van der Waals surface area contributed by atoms with Crippen LogP contribution in [0.15, 0.2) is 22.3 Å². The molecule has 2 saturated heterocycles. The number of carboxylic acid groups (broad SMARTS) is 1. The summed E-state index contributed by atoms with van der Waals surface area (Å²) < 4.78 is 15.2. The predicted molar refractivity (Wildman–Crippen MR) is 91.7 cm³/mol. The van der Waals surface area contributed by atoms with Gasteiger partial charge in [-0.15, -0.1) is 11.3 Å². The second kappa shape index (κ2) is 5.82. The lowest BCUT2D eigenvalue weighted by Crippen LogP contribution is -2.40. The number of hydrogen-bond donors (Lipinski definition) is 2. The Labute approximate surface area is 141 Å². The van der Waals surface area contributed by atoms with Gasteiger partial charge in [-0.05, 0) is 37.4 Å². The van der Waals surface area contributed by atoms with Crippen molar-refractivity contribution in [3.63, 3.8) is 0 Å². The highest BCUT2D eigenvalue weighted by Gasteiger charge is 2.35. The lowest BCUT2D eigenvalue weighted by atomic mass is 9.94. The molecule has 126 valence electrons. The summed E-state index contributed by atoms with van der Waals surface area (Å²) in [6, 6.07) is 3.26. The number of hydrogen-bond acceptors (Lipinski definition) is 5. The number of nitrogens with one attached hydrogen (secondary N) is 1. The van der Waals surface area contributed by atoms with Crippen molar-refractivity contribution < 1.29 is 14.3 Å². The minimum Gasteiger partial charge on any atom is -0.478 e. The van der Waals surface area contributed by atoms with Crippen LogP contribution in [0.4, 0.5) is 10.1 Å². The Bertz CT molecular complexity index is 868. The average Bonchev–Trinajstić information content (AvgIpc) is 2.98. The van der Waals surface area contributed by atoms with Crippen molar-refractivity contribution in [1.82, 2.24) is 5.32 Å². The lowest BCUT2D eigenvalue weighted by molar-refractivity contribution is 0.0696. The number of piperidine rings is 1. The summed E-state index contributed by atoms with van der Waals surface area (Å²) in [6.07, 6.45) is 2.30. The topological polar surface area (TPSA) is 69.6 Å². The molecular weight excluding hydrogens is 331 g/mol. The van der Waals surface area contributed by atoms with Crippen LogP contribution in [0.1, 0.15) is 23.2 Å². The van der Waals surface area contributed by atoms with Crippen LogP contribution in [0, 0.1) is 11.7 Å². The molecule has 2 N–H and O–H groups in total. The minimum atomic E-state index is -1.28. The molecule has 0 saturated carbocycles. The van der Waals surface area contributed by atoms with E-state index in [2.05, 4.69) is 5.32 Å². The summed E-state index contributed by atoms with van der Waals surface area (Å²) >= 11 is 1.16. The average molecular weight is 348 g/mol. The molecule has 0 aliphatic carbocycles. The molecule has 2 fully saturated rings. The van der Waals surface area contributed by atoms with Gasteiger partial charge in [0.05, 0.1) is 5.69 Å². The third-order valence-electron chi connectivity index (χ3n) is 5.01. The van der Waals surface area contributed by atoms with Gasteiger partial charge in [0, 0.05) is 34.6 Å². The number of benzene rings is 1. The van der Waals surface area contributed by atoms with E-state index < -0.39 is 17.2 Å². The summed E-state index contributed by atoms with van der Waals surface area (Å²) in [5.74, 6) is -1.22. The smallest absolute Gasteiger partial charge is 0.340 e. The number of fused-ring (bicyclic) bond motifs is 2. The zero-order valence-electron chi connectivity index (χ0n) is 12.9. The third kappa shape index (κ3) is 2.48. The molecule has 2 aliphatic rings. The number of carbonyl (C=O) groups is 1. The molecule has 0 unspecified atom stereocenters. The Morgan fingerprint density at radius 3 is 2.96 bits per heavy atom. The van der Waals surface area contributed by atoms with Gasteiger partial charge in [0.2, 0.25) is 5.43 Å². The van der Waals surface area contributed by atoms with Gasteiger partial charge in [0.15, 0.2) is 0 Å². The maximum atomic E-state index is 14.6. The summed E-state index contributed by atoms with van der Waals surface area (Å²) in [4.78, 5) is 25.3. The number of halogens is 1. The van der Waals surface area contributed by atoms with Crippen LogP contribution in [-0.2, 0) is 0 Å². The first-order valence-electron chi connectivity index (χ1n) is 8.01. The van der Waals surface area contributed by atoms with Crippen LogP contribution >= 0.6 is 11.3 Å². The van der Waals surface area contributed by atoms with Gasteiger partial charge < -0.3 is 15.3 Å². The molecule has 2 atom stereocenters. The van der Waals surface area contributed by atoms with Gasteiger partial charge in [-0.1, -0.05) is 0 Å². The van der Waals surface area contributed by atoms with Gasteiger partial charge in [-0.2, -0.15) is 0 Å². The van der Waals surface area contributed by atoms with E-state index in [9.17, 15) is 14.0 Å². The zero-order chi connectivity index (χ0) is 16.8. The summed E-state index contributed by atoms with van der Waals surface area (Å²) in [5.41, 5.74) is -0.438.